The van der Waals surface area contributed by atoms with E-state index in [4.69, 9.17) is 19.7 Å². The summed E-state index contributed by atoms with van der Waals surface area (Å²) in [5, 5.41) is 1.08. The molecule has 1 atom stereocenters. The molecular formula is C33H35N3O. The minimum absolute atomic E-state index is 0.107. The standard InChI is InChI=1S/C33H35N3O/c1-21(2)27-14-10-15-28(22(3)4)32(27)34-23(5)29-16-9-13-25-17-18-30(36-31(25)29)33-35-26(20-37-33)19-24-11-7-6-8-12-24/h6-18,21-22,26H,19-20H2,1-5H3. The van der Waals surface area contributed by atoms with Crippen molar-refractivity contribution in [2.45, 2.75) is 58.9 Å². The van der Waals surface area contributed by atoms with E-state index in [-0.39, 0.29) is 6.04 Å². The van der Waals surface area contributed by atoms with Crippen LogP contribution in [0.1, 0.15) is 74.4 Å². The molecule has 0 bridgehead atoms. The fourth-order valence-corrected chi connectivity index (χ4v) is 4.97. The van der Waals surface area contributed by atoms with E-state index in [0.29, 0.717) is 24.3 Å². The number of fused-ring (bicyclic) bond motifs is 1. The van der Waals surface area contributed by atoms with E-state index in [1.165, 1.54) is 16.7 Å². The summed E-state index contributed by atoms with van der Waals surface area (Å²) in [5.41, 5.74) is 8.60. The normalized spacial score (nSPS) is 15.9. The molecule has 1 unspecified atom stereocenters. The lowest BCUT2D eigenvalue weighted by molar-refractivity contribution is 0.316. The molecule has 4 aromatic rings. The second kappa shape index (κ2) is 10.7. The molecule has 0 fully saturated rings. The zero-order valence-corrected chi connectivity index (χ0v) is 22.4. The Hall–Kier alpha value is -3.79. The van der Waals surface area contributed by atoms with Gasteiger partial charge in [-0.15, -0.1) is 0 Å². The second-order valence-corrected chi connectivity index (χ2v) is 10.5. The van der Waals surface area contributed by atoms with E-state index in [1.54, 1.807) is 0 Å². The van der Waals surface area contributed by atoms with Gasteiger partial charge in [0.25, 0.3) is 0 Å². The molecular weight excluding hydrogens is 454 g/mol. The van der Waals surface area contributed by atoms with E-state index in [0.717, 1.165) is 40.0 Å². The first-order valence-electron chi connectivity index (χ1n) is 13.2. The van der Waals surface area contributed by atoms with Crippen molar-refractivity contribution in [2.75, 3.05) is 6.61 Å². The van der Waals surface area contributed by atoms with Crippen molar-refractivity contribution in [3.05, 3.63) is 107 Å². The summed E-state index contributed by atoms with van der Waals surface area (Å²) < 4.78 is 6.01. The predicted octanol–water partition coefficient (Wildman–Crippen LogP) is 8.01. The molecule has 0 saturated carbocycles. The topological polar surface area (TPSA) is 46.8 Å². The SMILES string of the molecule is CC(=Nc1c(C(C)C)cccc1C(C)C)c1cccc2ccc(C3=NC(Cc4ccccc4)CO3)nc12. The van der Waals surface area contributed by atoms with Crippen LogP contribution in [-0.2, 0) is 11.2 Å². The van der Waals surface area contributed by atoms with Crippen LogP contribution in [0.15, 0.2) is 88.8 Å². The molecule has 0 saturated heterocycles. The monoisotopic (exact) mass is 489 g/mol. The highest BCUT2D eigenvalue weighted by molar-refractivity contribution is 6.10. The number of pyridine rings is 1. The first-order valence-corrected chi connectivity index (χ1v) is 13.2. The van der Waals surface area contributed by atoms with Gasteiger partial charge in [-0.1, -0.05) is 100 Å². The Kier molecular flexibility index (Phi) is 7.18. The Labute approximate surface area is 220 Å². The number of nitrogens with zero attached hydrogens (tertiary/aromatic N) is 3. The number of ether oxygens (including phenoxy) is 1. The van der Waals surface area contributed by atoms with Gasteiger partial charge in [0.2, 0.25) is 5.90 Å². The molecule has 37 heavy (non-hydrogen) atoms. The van der Waals surface area contributed by atoms with E-state index in [1.807, 2.05) is 12.1 Å². The largest absolute Gasteiger partial charge is 0.474 e. The first-order chi connectivity index (χ1) is 17.9. The number of hydrogen-bond donors (Lipinski definition) is 0. The molecule has 1 aliphatic heterocycles. The average Bonchev–Trinajstić information content (AvgIpc) is 3.36. The number of aromatic nitrogens is 1. The maximum atomic E-state index is 6.01. The summed E-state index contributed by atoms with van der Waals surface area (Å²) >= 11 is 0. The summed E-state index contributed by atoms with van der Waals surface area (Å²) in [5.74, 6) is 1.41. The summed E-state index contributed by atoms with van der Waals surface area (Å²) in [7, 11) is 0. The van der Waals surface area contributed by atoms with Gasteiger partial charge in [0.05, 0.1) is 17.2 Å². The van der Waals surface area contributed by atoms with Crippen LogP contribution in [0.3, 0.4) is 0 Å². The molecule has 1 aromatic heterocycles. The molecule has 1 aliphatic rings. The average molecular weight is 490 g/mol. The van der Waals surface area contributed by atoms with Crippen LogP contribution in [0.5, 0.6) is 0 Å². The summed E-state index contributed by atoms with van der Waals surface area (Å²) in [6.45, 7) is 11.6. The molecule has 0 N–H and O–H groups in total. The number of hydrogen-bond acceptors (Lipinski definition) is 4. The third-order valence-corrected chi connectivity index (χ3v) is 6.98. The second-order valence-electron chi connectivity index (χ2n) is 10.5. The van der Waals surface area contributed by atoms with Crippen LogP contribution in [0.25, 0.3) is 10.9 Å². The number of rotatable bonds is 7. The Balaban J connectivity index is 1.52. The summed E-state index contributed by atoms with van der Waals surface area (Å²) in [4.78, 5) is 15.1. The van der Waals surface area contributed by atoms with Gasteiger partial charge >= 0.3 is 0 Å². The minimum atomic E-state index is 0.107. The van der Waals surface area contributed by atoms with Crippen molar-refractivity contribution in [2.24, 2.45) is 9.98 Å². The molecule has 0 radical (unpaired) electrons. The van der Waals surface area contributed by atoms with Gasteiger partial charge in [-0.05, 0) is 47.9 Å². The van der Waals surface area contributed by atoms with E-state index >= 15 is 0 Å². The minimum Gasteiger partial charge on any atom is -0.474 e. The van der Waals surface area contributed by atoms with Crippen molar-refractivity contribution >= 4 is 28.2 Å². The van der Waals surface area contributed by atoms with Crippen LogP contribution in [-0.4, -0.2) is 29.2 Å². The highest BCUT2D eigenvalue weighted by Crippen LogP contribution is 2.35. The van der Waals surface area contributed by atoms with Crippen LogP contribution in [0, 0.1) is 0 Å². The van der Waals surface area contributed by atoms with Crippen molar-refractivity contribution < 1.29 is 4.74 Å². The van der Waals surface area contributed by atoms with Gasteiger partial charge in [-0.2, -0.15) is 0 Å². The zero-order valence-electron chi connectivity index (χ0n) is 22.4. The lowest BCUT2D eigenvalue weighted by atomic mass is 9.92. The quantitative estimate of drug-likeness (QED) is 0.247. The Morgan fingerprint density at radius 1 is 0.865 bits per heavy atom. The number of benzene rings is 3. The molecule has 2 heterocycles. The van der Waals surface area contributed by atoms with E-state index in [9.17, 15) is 0 Å². The maximum absolute atomic E-state index is 6.01. The molecule has 0 spiro atoms. The van der Waals surface area contributed by atoms with Crippen molar-refractivity contribution in [3.8, 4) is 0 Å². The van der Waals surface area contributed by atoms with Gasteiger partial charge in [-0.3, -0.25) is 4.99 Å². The fraction of sp³-hybridized carbons (Fsp3) is 0.303. The van der Waals surface area contributed by atoms with Gasteiger partial charge < -0.3 is 4.74 Å². The van der Waals surface area contributed by atoms with Crippen LogP contribution in [0.4, 0.5) is 5.69 Å². The molecule has 4 nitrogen and oxygen atoms in total. The first kappa shape index (κ1) is 24.9. The lowest BCUT2D eigenvalue weighted by Gasteiger charge is -2.17. The summed E-state index contributed by atoms with van der Waals surface area (Å²) in [6, 6.07) is 27.5. The Morgan fingerprint density at radius 2 is 1.57 bits per heavy atom. The third kappa shape index (κ3) is 5.34. The maximum Gasteiger partial charge on any atom is 0.235 e. The van der Waals surface area contributed by atoms with Gasteiger partial charge in [0.15, 0.2) is 0 Å². The number of aliphatic imine (C=N–C) groups is 2. The summed E-state index contributed by atoms with van der Waals surface area (Å²) in [6.07, 6.45) is 0.863. The van der Waals surface area contributed by atoms with Crippen LogP contribution < -0.4 is 0 Å². The molecule has 0 aliphatic carbocycles. The predicted molar refractivity (Wildman–Crippen MR) is 155 cm³/mol. The van der Waals surface area contributed by atoms with Gasteiger partial charge in [-0.25, -0.2) is 9.98 Å². The fourth-order valence-electron chi connectivity index (χ4n) is 4.97. The number of para-hydroxylation sites is 2. The lowest BCUT2D eigenvalue weighted by Crippen LogP contribution is -2.09. The highest BCUT2D eigenvalue weighted by Gasteiger charge is 2.22. The van der Waals surface area contributed by atoms with Crippen molar-refractivity contribution in [3.63, 3.8) is 0 Å². The zero-order chi connectivity index (χ0) is 25.9. The highest BCUT2D eigenvalue weighted by atomic mass is 16.5. The van der Waals surface area contributed by atoms with Gasteiger partial charge in [0.1, 0.15) is 12.3 Å². The Bertz CT molecular complexity index is 1440. The smallest absolute Gasteiger partial charge is 0.235 e. The molecule has 5 rings (SSSR count). The van der Waals surface area contributed by atoms with Crippen molar-refractivity contribution in [1.82, 2.24) is 4.98 Å². The van der Waals surface area contributed by atoms with E-state index in [2.05, 4.69) is 101 Å². The van der Waals surface area contributed by atoms with Crippen LogP contribution in [0.2, 0.25) is 0 Å². The van der Waals surface area contributed by atoms with E-state index < -0.39 is 0 Å². The van der Waals surface area contributed by atoms with Gasteiger partial charge in [0, 0.05) is 16.7 Å². The third-order valence-electron chi connectivity index (χ3n) is 6.98. The molecule has 0 amide bonds. The molecule has 3 aromatic carbocycles. The molecule has 188 valence electrons. The Morgan fingerprint density at radius 3 is 2.27 bits per heavy atom. The van der Waals surface area contributed by atoms with Crippen molar-refractivity contribution in [1.29, 1.82) is 0 Å². The molecule has 4 heteroatoms. The van der Waals surface area contributed by atoms with Crippen LogP contribution >= 0.6 is 0 Å².